The van der Waals surface area contributed by atoms with Crippen molar-refractivity contribution in [3.63, 3.8) is 0 Å². The summed E-state index contributed by atoms with van der Waals surface area (Å²) in [7, 11) is 0. The van der Waals surface area contributed by atoms with E-state index < -0.39 is 0 Å². The number of hydrogen-bond acceptors (Lipinski definition) is 0. The SMILES string of the molecule is F[C-]=C1c2ccccc2-c2ccccc21.[Li+]. The average molecular weight is 202 g/mol. The molecule has 0 saturated heterocycles. The van der Waals surface area contributed by atoms with Gasteiger partial charge in [0.05, 0.1) is 0 Å². The van der Waals surface area contributed by atoms with Crippen molar-refractivity contribution in [1.82, 2.24) is 0 Å². The molecule has 16 heavy (non-hydrogen) atoms. The molecule has 72 valence electrons. The number of halogens is 1. The molecular weight excluding hydrogens is 194 g/mol. The summed E-state index contributed by atoms with van der Waals surface area (Å²) < 4.78 is 12.8. The van der Waals surface area contributed by atoms with Crippen molar-refractivity contribution in [3.05, 3.63) is 66.0 Å². The van der Waals surface area contributed by atoms with Crippen molar-refractivity contribution in [3.8, 4) is 11.1 Å². The molecule has 0 atom stereocenters. The fraction of sp³-hybridized carbons (Fsp3) is 0. The Morgan fingerprint density at radius 3 is 1.44 bits per heavy atom. The number of benzene rings is 2. The fourth-order valence-corrected chi connectivity index (χ4v) is 2.12. The molecule has 0 heterocycles. The molecule has 0 bridgehead atoms. The van der Waals surface area contributed by atoms with Gasteiger partial charge in [0.15, 0.2) is 0 Å². The molecule has 0 radical (unpaired) electrons. The van der Waals surface area contributed by atoms with Gasteiger partial charge in [-0.25, -0.2) is 0 Å². The van der Waals surface area contributed by atoms with E-state index in [1.54, 1.807) is 6.33 Å². The minimum absolute atomic E-state index is 0. The summed E-state index contributed by atoms with van der Waals surface area (Å²) in [6.45, 7) is 0. The van der Waals surface area contributed by atoms with Crippen LogP contribution in [-0.4, -0.2) is 0 Å². The topological polar surface area (TPSA) is 0 Å². The smallest absolute Gasteiger partial charge is 0.295 e. The molecule has 0 amide bonds. The molecule has 1 aliphatic carbocycles. The first-order valence-electron chi connectivity index (χ1n) is 4.84. The molecule has 2 aromatic carbocycles. The van der Waals surface area contributed by atoms with E-state index in [0.29, 0.717) is 5.57 Å². The van der Waals surface area contributed by atoms with Crippen LogP contribution in [-0.2, 0) is 0 Å². The van der Waals surface area contributed by atoms with Gasteiger partial charge in [-0.1, -0.05) is 47.5 Å². The van der Waals surface area contributed by atoms with Crippen LogP contribution in [0, 0.1) is 6.33 Å². The van der Waals surface area contributed by atoms with Crippen LogP contribution in [0.4, 0.5) is 4.39 Å². The third kappa shape index (κ3) is 1.45. The van der Waals surface area contributed by atoms with E-state index in [1.165, 1.54) is 0 Å². The maximum absolute atomic E-state index is 12.8. The summed E-state index contributed by atoms with van der Waals surface area (Å²) in [5.41, 5.74) is 4.62. The first-order chi connectivity index (χ1) is 7.42. The molecule has 0 saturated carbocycles. The number of rotatable bonds is 0. The molecule has 0 unspecified atom stereocenters. The second-order valence-corrected chi connectivity index (χ2v) is 3.56. The van der Waals surface area contributed by atoms with E-state index >= 15 is 0 Å². The van der Waals surface area contributed by atoms with Gasteiger partial charge in [0.2, 0.25) is 0 Å². The van der Waals surface area contributed by atoms with Crippen LogP contribution < -0.4 is 18.9 Å². The average Bonchev–Trinajstić information content (AvgIpc) is 2.63. The number of fused-ring (bicyclic) bond motifs is 3. The molecular formula is C14H8FLi. The van der Waals surface area contributed by atoms with Gasteiger partial charge < -0.3 is 0 Å². The molecule has 2 aromatic rings. The van der Waals surface area contributed by atoms with Gasteiger partial charge in [-0.2, -0.15) is 0 Å². The van der Waals surface area contributed by atoms with Crippen molar-refractivity contribution in [2.75, 3.05) is 0 Å². The van der Waals surface area contributed by atoms with Crippen LogP contribution >= 0.6 is 0 Å². The quantitative estimate of drug-likeness (QED) is 0.374. The van der Waals surface area contributed by atoms with Crippen molar-refractivity contribution >= 4 is 5.57 Å². The zero-order chi connectivity index (χ0) is 10.3. The van der Waals surface area contributed by atoms with Gasteiger partial charge in [0.25, 0.3) is 0 Å². The molecule has 1 aliphatic rings. The van der Waals surface area contributed by atoms with Gasteiger partial charge in [0.1, 0.15) is 0 Å². The van der Waals surface area contributed by atoms with Crippen molar-refractivity contribution < 1.29 is 23.3 Å². The second-order valence-electron chi connectivity index (χ2n) is 3.56. The zero-order valence-corrected chi connectivity index (χ0v) is 9.00. The van der Waals surface area contributed by atoms with Gasteiger partial charge in [-0.3, -0.25) is 4.39 Å². The third-order valence-electron chi connectivity index (χ3n) is 2.78. The Kier molecular flexibility index (Phi) is 3.01. The van der Waals surface area contributed by atoms with E-state index in [2.05, 4.69) is 0 Å². The number of hydrogen-bond donors (Lipinski definition) is 0. The maximum atomic E-state index is 12.8. The Labute approximate surface area is 106 Å². The maximum Gasteiger partial charge on any atom is 1.00 e. The third-order valence-corrected chi connectivity index (χ3v) is 2.78. The Balaban J connectivity index is 0.000000963. The van der Waals surface area contributed by atoms with Crippen LogP contribution in [0.15, 0.2) is 48.5 Å². The molecule has 0 nitrogen and oxygen atoms in total. The van der Waals surface area contributed by atoms with Gasteiger partial charge >= 0.3 is 18.9 Å². The van der Waals surface area contributed by atoms with E-state index in [-0.39, 0.29) is 18.9 Å². The van der Waals surface area contributed by atoms with E-state index in [1.807, 2.05) is 48.5 Å². The van der Waals surface area contributed by atoms with Gasteiger partial charge in [-0.15, -0.1) is 28.8 Å². The summed E-state index contributed by atoms with van der Waals surface area (Å²) >= 11 is 0. The first kappa shape index (κ1) is 11.2. The minimum atomic E-state index is 0. The molecule has 0 fully saturated rings. The largest absolute Gasteiger partial charge is 1.00 e. The van der Waals surface area contributed by atoms with E-state index in [4.69, 9.17) is 0 Å². The molecule has 3 rings (SSSR count). The molecule has 0 N–H and O–H groups in total. The van der Waals surface area contributed by atoms with Crippen LogP contribution in [0.25, 0.3) is 16.7 Å². The van der Waals surface area contributed by atoms with Crippen LogP contribution in [0.3, 0.4) is 0 Å². The molecule has 0 aliphatic heterocycles. The summed E-state index contributed by atoms with van der Waals surface area (Å²) in [6.07, 6.45) is 1.79. The van der Waals surface area contributed by atoms with Gasteiger partial charge in [-0.05, 0) is 6.33 Å². The Hall–Kier alpha value is -1.29. The summed E-state index contributed by atoms with van der Waals surface area (Å²) in [4.78, 5) is 0. The van der Waals surface area contributed by atoms with Crippen LogP contribution in [0.1, 0.15) is 11.1 Å². The summed E-state index contributed by atoms with van der Waals surface area (Å²) in [5.74, 6) is 0. The molecule has 2 heteroatoms. The zero-order valence-electron chi connectivity index (χ0n) is 9.00. The van der Waals surface area contributed by atoms with Crippen LogP contribution in [0.2, 0.25) is 0 Å². The Bertz CT molecular complexity index is 511. The van der Waals surface area contributed by atoms with Crippen LogP contribution in [0.5, 0.6) is 0 Å². The van der Waals surface area contributed by atoms with Gasteiger partial charge in [0, 0.05) is 0 Å². The summed E-state index contributed by atoms with van der Waals surface area (Å²) in [5, 5.41) is 0. The Morgan fingerprint density at radius 2 is 1.06 bits per heavy atom. The monoisotopic (exact) mass is 202 g/mol. The predicted octanol–water partition coefficient (Wildman–Crippen LogP) is 0.833. The first-order valence-corrected chi connectivity index (χ1v) is 4.84. The van der Waals surface area contributed by atoms with Crippen molar-refractivity contribution in [1.29, 1.82) is 0 Å². The fourth-order valence-electron chi connectivity index (χ4n) is 2.12. The standard InChI is InChI=1S/C14H8F.Li/c15-9-14-12-7-3-1-5-10(12)11-6-2-4-8-13(11)14;/h1-8H;/q-1;+1. The Morgan fingerprint density at radius 1 is 0.688 bits per heavy atom. The predicted molar refractivity (Wildman–Crippen MR) is 58.7 cm³/mol. The minimum Gasteiger partial charge on any atom is -0.295 e. The second kappa shape index (κ2) is 4.29. The van der Waals surface area contributed by atoms with Crippen molar-refractivity contribution in [2.24, 2.45) is 0 Å². The molecule has 0 aromatic heterocycles. The summed E-state index contributed by atoms with van der Waals surface area (Å²) in [6, 6.07) is 15.7. The van der Waals surface area contributed by atoms with E-state index in [9.17, 15) is 4.39 Å². The molecule has 0 spiro atoms. The normalized spacial score (nSPS) is 11.4. The van der Waals surface area contributed by atoms with Crippen molar-refractivity contribution in [2.45, 2.75) is 0 Å². The van der Waals surface area contributed by atoms with E-state index in [0.717, 1.165) is 22.3 Å².